The van der Waals surface area contributed by atoms with Crippen molar-refractivity contribution in [1.82, 2.24) is 0 Å². The Bertz CT molecular complexity index is 81.1. The van der Waals surface area contributed by atoms with Crippen molar-refractivity contribution < 1.29 is 6.22 Å². The van der Waals surface area contributed by atoms with Crippen molar-refractivity contribution in [3.63, 3.8) is 0 Å². The first-order valence-corrected chi connectivity index (χ1v) is 2.69. The van der Waals surface area contributed by atoms with Gasteiger partial charge in [0.15, 0.2) is 0 Å². The van der Waals surface area contributed by atoms with E-state index in [0.717, 1.165) is 0 Å². The molecule has 0 atom stereocenters. The molecule has 2 heteroatoms. The van der Waals surface area contributed by atoms with Gasteiger partial charge in [-0.1, -0.05) is 19.9 Å². The first-order chi connectivity index (χ1) is 3.77. The van der Waals surface area contributed by atoms with Gasteiger partial charge in [0.2, 0.25) is 5.91 Å². The lowest BCUT2D eigenvalue weighted by Crippen LogP contribution is -2.04. The molecule has 0 spiro atoms. The van der Waals surface area contributed by atoms with Crippen molar-refractivity contribution >= 4 is 5.91 Å². The average molecular weight is 117 g/mol. The highest BCUT2D eigenvalue weighted by Crippen LogP contribution is 1.62. The molecule has 0 unspecified atom stereocenters. The summed E-state index contributed by atoms with van der Waals surface area (Å²) in [6.07, 6.45) is 2.91. The number of carbonyl (C=O) groups is 1. The van der Waals surface area contributed by atoms with Crippen LogP contribution in [0.15, 0.2) is 12.2 Å². The van der Waals surface area contributed by atoms with E-state index < -0.39 is 5.91 Å². The van der Waals surface area contributed by atoms with Gasteiger partial charge in [-0.15, -0.1) is 0 Å². The van der Waals surface area contributed by atoms with Crippen LogP contribution in [0, 0.1) is 0 Å². The lowest BCUT2D eigenvalue weighted by molar-refractivity contribution is -0.113. The maximum atomic E-state index is 9.73. The van der Waals surface area contributed by atoms with E-state index in [1.165, 1.54) is 6.08 Å². The molecule has 2 nitrogen and oxygen atoms in total. The zero-order valence-electron chi connectivity index (χ0n) is 5.64. The van der Waals surface area contributed by atoms with Crippen LogP contribution < -0.4 is 5.73 Å². The Morgan fingerprint density at radius 1 is 1.62 bits per heavy atom. The molecule has 0 aliphatic heterocycles. The molecule has 0 radical (unpaired) electrons. The molecule has 0 rings (SSSR count). The highest BCUT2D eigenvalue weighted by Gasteiger charge is 1.73. The van der Waals surface area contributed by atoms with Crippen molar-refractivity contribution in [1.29, 1.82) is 0 Å². The first-order valence-electron chi connectivity index (χ1n) is 2.69. The van der Waals surface area contributed by atoms with E-state index in [1.54, 1.807) is 13.0 Å². The Balaban J connectivity index is -0.000000109. The molecule has 0 aromatic carbocycles. The molecular formula is C6H15NO. The van der Waals surface area contributed by atoms with Crippen LogP contribution in [0.2, 0.25) is 0 Å². The molecule has 0 heterocycles. The van der Waals surface area contributed by atoms with Crippen LogP contribution in [0.5, 0.6) is 0 Å². The van der Waals surface area contributed by atoms with Gasteiger partial charge in [-0.2, -0.15) is 0 Å². The van der Waals surface area contributed by atoms with Gasteiger partial charge in [-0.05, 0) is 13.0 Å². The van der Waals surface area contributed by atoms with E-state index in [9.17, 15) is 4.79 Å². The summed E-state index contributed by atoms with van der Waals surface area (Å²) in [5.41, 5.74) is 4.68. The van der Waals surface area contributed by atoms with Crippen molar-refractivity contribution in [2.75, 3.05) is 0 Å². The minimum Gasteiger partial charge on any atom is -0.366 e. The molecule has 1 amide bonds. The first kappa shape index (κ1) is 10.2. The SMILES string of the molecule is C/C=C/C(N)=O.CC.[HH]. The Hall–Kier alpha value is -0.790. The van der Waals surface area contributed by atoms with E-state index in [1.807, 2.05) is 13.8 Å². The maximum Gasteiger partial charge on any atom is 0.241 e. The zero-order chi connectivity index (χ0) is 6.99. The Kier molecular flexibility index (Phi) is 12.2. The van der Waals surface area contributed by atoms with Crippen LogP contribution in [0.3, 0.4) is 0 Å². The summed E-state index contributed by atoms with van der Waals surface area (Å²) in [5.74, 6) is -0.391. The third-order valence-electron chi connectivity index (χ3n) is 0.331. The van der Waals surface area contributed by atoms with Crippen LogP contribution in [0.4, 0.5) is 0 Å². The van der Waals surface area contributed by atoms with E-state index in [2.05, 4.69) is 5.73 Å². The fourth-order valence-electron chi connectivity index (χ4n) is 0.164. The van der Waals surface area contributed by atoms with Gasteiger partial charge < -0.3 is 5.73 Å². The predicted molar refractivity (Wildman–Crippen MR) is 37.5 cm³/mol. The molecule has 0 aromatic heterocycles. The standard InChI is InChI=1S/C4H7NO.C2H6.H2/c1-2-3-4(5)6;1-2;/h2-3H,1H3,(H2,5,6);1-2H3;1H/b3-2+;;. The van der Waals surface area contributed by atoms with E-state index in [4.69, 9.17) is 0 Å². The summed E-state index contributed by atoms with van der Waals surface area (Å²) in [7, 11) is 0. The number of hydrogen-bond donors (Lipinski definition) is 1. The molecule has 8 heavy (non-hydrogen) atoms. The van der Waals surface area contributed by atoms with Crippen molar-refractivity contribution in [2.45, 2.75) is 20.8 Å². The number of rotatable bonds is 1. The molecule has 0 saturated carbocycles. The molecular weight excluding hydrogens is 102 g/mol. The lowest BCUT2D eigenvalue weighted by atomic mass is 10.5. The van der Waals surface area contributed by atoms with Crippen LogP contribution in [-0.2, 0) is 4.79 Å². The second kappa shape index (κ2) is 9.51. The molecule has 0 bridgehead atoms. The van der Waals surface area contributed by atoms with Gasteiger partial charge in [0, 0.05) is 1.43 Å². The van der Waals surface area contributed by atoms with Crippen molar-refractivity contribution in [2.24, 2.45) is 5.73 Å². The third-order valence-corrected chi connectivity index (χ3v) is 0.331. The molecule has 2 N–H and O–H groups in total. The van der Waals surface area contributed by atoms with Gasteiger partial charge in [0.05, 0.1) is 0 Å². The lowest BCUT2D eigenvalue weighted by Gasteiger charge is -1.70. The summed E-state index contributed by atoms with van der Waals surface area (Å²) in [4.78, 5) is 9.73. The molecule has 0 fully saturated rings. The molecule has 50 valence electrons. The molecule has 0 aliphatic carbocycles. The third kappa shape index (κ3) is 18.9. The quantitative estimate of drug-likeness (QED) is 0.517. The minimum atomic E-state index is -0.391. The van der Waals surface area contributed by atoms with E-state index >= 15 is 0 Å². The van der Waals surface area contributed by atoms with Gasteiger partial charge in [-0.3, -0.25) is 4.79 Å². The van der Waals surface area contributed by atoms with Crippen molar-refractivity contribution in [3.05, 3.63) is 12.2 Å². The highest BCUT2D eigenvalue weighted by molar-refractivity contribution is 5.85. The second-order valence-corrected chi connectivity index (χ2v) is 0.902. The number of amides is 1. The minimum absolute atomic E-state index is 0. The number of nitrogens with two attached hydrogens (primary N) is 1. The highest BCUT2D eigenvalue weighted by atomic mass is 16.1. The predicted octanol–water partition coefficient (Wildman–Crippen LogP) is 1.32. The van der Waals surface area contributed by atoms with E-state index in [-0.39, 0.29) is 1.43 Å². The Labute approximate surface area is 51.9 Å². The fourth-order valence-corrected chi connectivity index (χ4v) is 0.164. The number of primary amides is 1. The Morgan fingerprint density at radius 3 is 2.00 bits per heavy atom. The molecule has 0 saturated heterocycles. The molecule has 0 aromatic rings. The summed E-state index contributed by atoms with van der Waals surface area (Å²) in [5, 5.41) is 0. The van der Waals surface area contributed by atoms with Gasteiger partial charge in [0.1, 0.15) is 0 Å². The van der Waals surface area contributed by atoms with Crippen LogP contribution in [-0.4, -0.2) is 5.91 Å². The van der Waals surface area contributed by atoms with Gasteiger partial charge >= 0.3 is 0 Å². The summed E-state index contributed by atoms with van der Waals surface area (Å²) in [6, 6.07) is 0. The molecule has 0 aliphatic rings. The van der Waals surface area contributed by atoms with E-state index in [0.29, 0.717) is 0 Å². The zero-order valence-corrected chi connectivity index (χ0v) is 5.64. The fraction of sp³-hybridized carbons (Fsp3) is 0.500. The van der Waals surface area contributed by atoms with Crippen LogP contribution >= 0.6 is 0 Å². The van der Waals surface area contributed by atoms with Gasteiger partial charge in [-0.25, -0.2) is 0 Å². The van der Waals surface area contributed by atoms with Gasteiger partial charge in [0.25, 0.3) is 0 Å². The summed E-state index contributed by atoms with van der Waals surface area (Å²) >= 11 is 0. The van der Waals surface area contributed by atoms with Crippen molar-refractivity contribution in [3.8, 4) is 0 Å². The Morgan fingerprint density at radius 2 is 2.00 bits per heavy atom. The van der Waals surface area contributed by atoms with Crippen LogP contribution in [0.25, 0.3) is 0 Å². The average Bonchev–Trinajstić information content (AvgIpc) is 1.72. The largest absolute Gasteiger partial charge is 0.366 e. The van der Waals surface area contributed by atoms with Crippen LogP contribution in [0.1, 0.15) is 22.2 Å². The normalized spacial score (nSPS) is 7.88. The second-order valence-electron chi connectivity index (χ2n) is 0.902. The number of carbonyl (C=O) groups excluding carboxylic acids is 1. The summed E-state index contributed by atoms with van der Waals surface area (Å²) < 4.78 is 0. The monoisotopic (exact) mass is 117 g/mol. The number of hydrogen-bond acceptors (Lipinski definition) is 1. The topological polar surface area (TPSA) is 43.1 Å². The smallest absolute Gasteiger partial charge is 0.241 e. The number of allylic oxidation sites excluding steroid dienone is 1. The maximum absolute atomic E-state index is 9.73. The summed E-state index contributed by atoms with van der Waals surface area (Å²) in [6.45, 7) is 5.74.